The molecule has 0 saturated heterocycles. The zero-order valence-corrected chi connectivity index (χ0v) is 11.7. The lowest BCUT2D eigenvalue weighted by Crippen LogP contribution is -2.34. The SMILES string of the molecule is CC(Nc1ccc(C(N)=O)cc1)C(=O)OC(C)(C)C. The number of ether oxygens (including phenoxy) is 1. The summed E-state index contributed by atoms with van der Waals surface area (Å²) in [7, 11) is 0. The molecule has 0 aliphatic rings. The Kier molecular flexibility index (Phi) is 4.53. The summed E-state index contributed by atoms with van der Waals surface area (Å²) in [6.07, 6.45) is 0. The van der Waals surface area contributed by atoms with Crippen LogP contribution in [0.5, 0.6) is 0 Å². The van der Waals surface area contributed by atoms with Crippen LogP contribution in [0, 0.1) is 0 Å². The van der Waals surface area contributed by atoms with Crippen molar-refractivity contribution in [3.63, 3.8) is 0 Å². The van der Waals surface area contributed by atoms with E-state index in [1.54, 1.807) is 31.2 Å². The molecule has 0 heterocycles. The summed E-state index contributed by atoms with van der Waals surface area (Å²) in [6, 6.07) is 6.12. The lowest BCUT2D eigenvalue weighted by Gasteiger charge is -2.23. The number of rotatable bonds is 4. The van der Waals surface area contributed by atoms with E-state index in [0.717, 1.165) is 5.69 Å². The van der Waals surface area contributed by atoms with Crippen molar-refractivity contribution in [2.75, 3.05) is 5.32 Å². The van der Waals surface area contributed by atoms with Crippen molar-refractivity contribution in [1.82, 2.24) is 0 Å². The fraction of sp³-hybridized carbons (Fsp3) is 0.429. The molecular formula is C14H20N2O3. The second-order valence-corrected chi connectivity index (χ2v) is 5.34. The van der Waals surface area contributed by atoms with E-state index in [1.165, 1.54) is 0 Å². The Labute approximate surface area is 113 Å². The number of anilines is 1. The fourth-order valence-corrected chi connectivity index (χ4v) is 1.43. The molecule has 1 unspecified atom stereocenters. The summed E-state index contributed by atoms with van der Waals surface area (Å²) < 4.78 is 5.26. The average molecular weight is 264 g/mol. The summed E-state index contributed by atoms with van der Waals surface area (Å²) in [5.41, 5.74) is 5.79. The van der Waals surface area contributed by atoms with E-state index < -0.39 is 17.6 Å². The molecule has 0 saturated carbocycles. The number of nitrogens with two attached hydrogens (primary N) is 1. The molecule has 0 aliphatic carbocycles. The van der Waals surface area contributed by atoms with Crippen LogP contribution in [0.1, 0.15) is 38.1 Å². The van der Waals surface area contributed by atoms with Crippen LogP contribution in [0.25, 0.3) is 0 Å². The van der Waals surface area contributed by atoms with E-state index in [9.17, 15) is 9.59 Å². The number of benzene rings is 1. The van der Waals surface area contributed by atoms with Crippen LogP contribution in [0.2, 0.25) is 0 Å². The van der Waals surface area contributed by atoms with Crippen molar-refractivity contribution in [3.05, 3.63) is 29.8 Å². The molecular weight excluding hydrogens is 244 g/mol. The van der Waals surface area contributed by atoms with Gasteiger partial charge in [0.25, 0.3) is 0 Å². The van der Waals surface area contributed by atoms with Gasteiger partial charge in [-0.1, -0.05) is 0 Å². The minimum absolute atomic E-state index is 0.327. The number of nitrogens with one attached hydrogen (secondary N) is 1. The molecule has 5 heteroatoms. The van der Waals surface area contributed by atoms with Crippen LogP contribution in [0.3, 0.4) is 0 Å². The van der Waals surface area contributed by atoms with Crippen LogP contribution in [-0.4, -0.2) is 23.5 Å². The van der Waals surface area contributed by atoms with Gasteiger partial charge < -0.3 is 15.8 Å². The highest BCUT2D eigenvalue weighted by atomic mass is 16.6. The van der Waals surface area contributed by atoms with Crippen molar-refractivity contribution in [2.45, 2.75) is 39.3 Å². The van der Waals surface area contributed by atoms with Crippen LogP contribution >= 0.6 is 0 Å². The van der Waals surface area contributed by atoms with Gasteiger partial charge in [0.2, 0.25) is 5.91 Å². The normalized spacial score (nSPS) is 12.6. The molecule has 1 aromatic rings. The van der Waals surface area contributed by atoms with Crippen molar-refractivity contribution in [2.24, 2.45) is 5.73 Å². The topological polar surface area (TPSA) is 81.4 Å². The maximum absolute atomic E-state index is 11.8. The summed E-state index contributed by atoms with van der Waals surface area (Å²) in [6.45, 7) is 7.17. The highest BCUT2D eigenvalue weighted by Gasteiger charge is 2.21. The maximum Gasteiger partial charge on any atom is 0.328 e. The van der Waals surface area contributed by atoms with Crippen LogP contribution in [0.15, 0.2) is 24.3 Å². The summed E-state index contributed by atoms with van der Waals surface area (Å²) in [5.74, 6) is -0.807. The van der Waals surface area contributed by atoms with E-state index in [-0.39, 0.29) is 5.97 Å². The van der Waals surface area contributed by atoms with E-state index in [0.29, 0.717) is 5.56 Å². The maximum atomic E-state index is 11.8. The third kappa shape index (κ3) is 4.99. The third-order valence-corrected chi connectivity index (χ3v) is 2.31. The zero-order chi connectivity index (χ0) is 14.6. The minimum atomic E-state index is -0.511. The smallest absolute Gasteiger partial charge is 0.328 e. The monoisotopic (exact) mass is 264 g/mol. The van der Waals surface area contributed by atoms with Gasteiger partial charge in [-0.2, -0.15) is 0 Å². The van der Waals surface area contributed by atoms with Gasteiger partial charge in [0, 0.05) is 11.3 Å². The summed E-state index contributed by atoms with van der Waals surface area (Å²) in [4.78, 5) is 22.7. The number of amides is 1. The summed E-state index contributed by atoms with van der Waals surface area (Å²) >= 11 is 0. The van der Waals surface area contributed by atoms with Gasteiger partial charge in [-0.15, -0.1) is 0 Å². The second-order valence-electron chi connectivity index (χ2n) is 5.34. The molecule has 104 valence electrons. The molecule has 0 aliphatic heterocycles. The van der Waals surface area contributed by atoms with Gasteiger partial charge in [-0.25, -0.2) is 4.79 Å². The fourth-order valence-electron chi connectivity index (χ4n) is 1.43. The zero-order valence-electron chi connectivity index (χ0n) is 11.7. The largest absolute Gasteiger partial charge is 0.458 e. The van der Waals surface area contributed by atoms with Gasteiger partial charge in [-0.05, 0) is 52.0 Å². The quantitative estimate of drug-likeness (QED) is 0.814. The molecule has 3 N–H and O–H groups in total. The predicted molar refractivity (Wildman–Crippen MR) is 73.9 cm³/mol. The van der Waals surface area contributed by atoms with E-state index in [1.807, 2.05) is 20.8 Å². The molecule has 19 heavy (non-hydrogen) atoms. The van der Waals surface area contributed by atoms with Gasteiger partial charge >= 0.3 is 5.97 Å². The molecule has 1 atom stereocenters. The third-order valence-electron chi connectivity index (χ3n) is 2.31. The van der Waals surface area contributed by atoms with Gasteiger partial charge in [-0.3, -0.25) is 4.79 Å². The Balaban J connectivity index is 2.64. The number of carbonyl (C=O) groups is 2. The Bertz CT molecular complexity index is 461. The number of esters is 1. The van der Waals surface area contributed by atoms with Crippen LogP contribution in [0.4, 0.5) is 5.69 Å². The molecule has 0 bridgehead atoms. The first-order chi connectivity index (χ1) is 8.69. The number of primary amides is 1. The first kappa shape index (κ1) is 15.0. The first-order valence-corrected chi connectivity index (χ1v) is 6.08. The Morgan fingerprint density at radius 1 is 1.21 bits per heavy atom. The van der Waals surface area contributed by atoms with Crippen molar-refractivity contribution >= 4 is 17.6 Å². The van der Waals surface area contributed by atoms with E-state index >= 15 is 0 Å². The molecule has 0 radical (unpaired) electrons. The molecule has 0 fully saturated rings. The standard InChI is InChI=1S/C14H20N2O3/c1-9(13(18)19-14(2,3)4)16-11-7-5-10(6-8-11)12(15)17/h5-9,16H,1-4H3,(H2,15,17). The molecule has 0 spiro atoms. The molecule has 1 amide bonds. The first-order valence-electron chi connectivity index (χ1n) is 6.08. The highest BCUT2D eigenvalue weighted by molar-refractivity contribution is 5.93. The molecule has 0 aromatic heterocycles. The van der Waals surface area contributed by atoms with Crippen LogP contribution in [-0.2, 0) is 9.53 Å². The molecule has 5 nitrogen and oxygen atoms in total. The summed E-state index contributed by atoms with van der Waals surface area (Å²) in [5, 5.41) is 3.00. The molecule has 1 aromatic carbocycles. The van der Waals surface area contributed by atoms with Crippen molar-refractivity contribution in [3.8, 4) is 0 Å². The van der Waals surface area contributed by atoms with Crippen molar-refractivity contribution < 1.29 is 14.3 Å². The second kappa shape index (κ2) is 5.73. The lowest BCUT2D eigenvalue weighted by molar-refractivity contribution is -0.155. The average Bonchev–Trinajstić information content (AvgIpc) is 2.27. The van der Waals surface area contributed by atoms with Gasteiger partial charge in [0.15, 0.2) is 0 Å². The van der Waals surface area contributed by atoms with Gasteiger partial charge in [0.1, 0.15) is 11.6 Å². The Morgan fingerprint density at radius 2 is 1.74 bits per heavy atom. The lowest BCUT2D eigenvalue weighted by atomic mass is 10.1. The van der Waals surface area contributed by atoms with Crippen molar-refractivity contribution in [1.29, 1.82) is 0 Å². The highest BCUT2D eigenvalue weighted by Crippen LogP contribution is 2.13. The number of carbonyl (C=O) groups excluding carboxylic acids is 2. The number of hydrogen-bond donors (Lipinski definition) is 2. The Morgan fingerprint density at radius 3 is 2.16 bits per heavy atom. The number of hydrogen-bond acceptors (Lipinski definition) is 4. The van der Waals surface area contributed by atoms with Crippen LogP contribution < -0.4 is 11.1 Å². The van der Waals surface area contributed by atoms with Gasteiger partial charge in [0.05, 0.1) is 0 Å². The van der Waals surface area contributed by atoms with E-state index in [2.05, 4.69) is 5.32 Å². The van der Waals surface area contributed by atoms with E-state index in [4.69, 9.17) is 10.5 Å². The predicted octanol–water partition coefficient (Wildman–Crippen LogP) is 1.93. The minimum Gasteiger partial charge on any atom is -0.458 e. The Hall–Kier alpha value is -2.04. The molecule has 1 rings (SSSR count).